The third-order valence-electron chi connectivity index (χ3n) is 2.31. The van der Waals surface area contributed by atoms with E-state index in [1.54, 1.807) is 11.7 Å². The molecule has 0 spiro atoms. The smallest absolute Gasteiger partial charge is 0.224 e. The molecule has 0 aliphatic carbocycles. The van der Waals surface area contributed by atoms with Crippen LogP contribution >= 0.6 is 0 Å². The molecular weight excluding hydrogens is 216 g/mol. The molecule has 0 radical (unpaired) electrons. The fourth-order valence-electron chi connectivity index (χ4n) is 1.53. The van der Waals surface area contributed by atoms with Gasteiger partial charge >= 0.3 is 0 Å². The number of nitrogens with one attached hydrogen (secondary N) is 2. The van der Waals surface area contributed by atoms with Crippen LogP contribution < -0.4 is 10.6 Å². The second-order valence-electron chi connectivity index (χ2n) is 3.84. The van der Waals surface area contributed by atoms with Gasteiger partial charge in [0.25, 0.3) is 0 Å². The molecular formula is C11H16N6. The van der Waals surface area contributed by atoms with Gasteiger partial charge in [0.15, 0.2) is 0 Å². The van der Waals surface area contributed by atoms with E-state index in [-0.39, 0.29) is 0 Å². The second kappa shape index (κ2) is 4.82. The Morgan fingerprint density at radius 1 is 1.35 bits per heavy atom. The normalized spacial score (nSPS) is 10.3. The van der Waals surface area contributed by atoms with Gasteiger partial charge in [0, 0.05) is 44.2 Å². The average Bonchev–Trinajstić information content (AvgIpc) is 2.72. The lowest BCUT2D eigenvalue weighted by atomic mass is 10.3. The lowest BCUT2D eigenvalue weighted by Gasteiger charge is -2.06. The molecule has 2 heterocycles. The fraction of sp³-hybridized carbons (Fsp3) is 0.364. The molecule has 0 amide bonds. The van der Waals surface area contributed by atoms with Crippen LogP contribution in [0.15, 0.2) is 18.5 Å². The van der Waals surface area contributed by atoms with Crippen molar-refractivity contribution >= 4 is 11.8 Å². The van der Waals surface area contributed by atoms with Crippen LogP contribution in [0.2, 0.25) is 0 Å². The van der Waals surface area contributed by atoms with Gasteiger partial charge in [0.05, 0.1) is 6.20 Å². The Bertz CT molecular complexity index is 504. The molecule has 6 nitrogen and oxygen atoms in total. The number of nitrogens with zero attached hydrogens (tertiary/aromatic N) is 4. The fourth-order valence-corrected chi connectivity index (χ4v) is 1.53. The molecule has 0 aliphatic heterocycles. The lowest BCUT2D eigenvalue weighted by Crippen LogP contribution is -2.05. The molecule has 0 fully saturated rings. The van der Waals surface area contributed by atoms with E-state index in [0.29, 0.717) is 12.5 Å². The molecule has 0 saturated heterocycles. The molecule has 17 heavy (non-hydrogen) atoms. The van der Waals surface area contributed by atoms with E-state index >= 15 is 0 Å². The van der Waals surface area contributed by atoms with Gasteiger partial charge in [0.2, 0.25) is 5.95 Å². The van der Waals surface area contributed by atoms with Crippen LogP contribution in [-0.2, 0) is 13.6 Å². The Hall–Kier alpha value is -2.11. The Labute approximate surface area is 100 Å². The molecule has 0 bridgehead atoms. The first-order valence-corrected chi connectivity index (χ1v) is 5.42. The second-order valence-corrected chi connectivity index (χ2v) is 3.84. The third-order valence-corrected chi connectivity index (χ3v) is 2.31. The van der Waals surface area contributed by atoms with Crippen molar-refractivity contribution in [3.63, 3.8) is 0 Å². The standard InChI is InChI=1S/C11H16N6/c1-8-4-10(16-11(12-2)15-8)13-5-9-6-14-17(3)7-9/h4,6-7H,5H2,1-3H3,(H2,12,13,15,16). The van der Waals surface area contributed by atoms with Gasteiger partial charge in [-0.15, -0.1) is 0 Å². The molecule has 0 aliphatic rings. The Morgan fingerprint density at radius 2 is 2.18 bits per heavy atom. The molecule has 2 N–H and O–H groups in total. The molecule has 0 atom stereocenters. The highest BCUT2D eigenvalue weighted by Crippen LogP contribution is 2.10. The van der Waals surface area contributed by atoms with Crippen molar-refractivity contribution in [3.8, 4) is 0 Å². The van der Waals surface area contributed by atoms with Crippen molar-refractivity contribution in [2.75, 3.05) is 17.7 Å². The summed E-state index contributed by atoms with van der Waals surface area (Å²) in [5.41, 5.74) is 2.05. The molecule has 2 aromatic heterocycles. The van der Waals surface area contributed by atoms with Crippen molar-refractivity contribution in [1.29, 1.82) is 0 Å². The zero-order valence-corrected chi connectivity index (χ0v) is 10.2. The van der Waals surface area contributed by atoms with Crippen LogP contribution in [0.1, 0.15) is 11.3 Å². The highest BCUT2D eigenvalue weighted by molar-refractivity contribution is 5.42. The van der Waals surface area contributed by atoms with Crippen molar-refractivity contribution in [2.24, 2.45) is 7.05 Å². The minimum absolute atomic E-state index is 0.624. The Balaban J connectivity index is 2.05. The van der Waals surface area contributed by atoms with Crippen LogP contribution in [0.3, 0.4) is 0 Å². The molecule has 6 heteroatoms. The summed E-state index contributed by atoms with van der Waals surface area (Å²) in [6, 6.07) is 1.91. The minimum Gasteiger partial charge on any atom is -0.366 e. The molecule has 2 aromatic rings. The van der Waals surface area contributed by atoms with Crippen molar-refractivity contribution in [3.05, 3.63) is 29.7 Å². The summed E-state index contributed by atoms with van der Waals surface area (Å²) in [7, 11) is 3.71. The van der Waals surface area contributed by atoms with Gasteiger partial charge in [-0.1, -0.05) is 0 Å². The van der Waals surface area contributed by atoms with Gasteiger partial charge in [0.1, 0.15) is 5.82 Å². The molecule has 2 rings (SSSR count). The van der Waals surface area contributed by atoms with Crippen molar-refractivity contribution in [1.82, 2.24) is 19.7 Å². The van der Waals surface area contributed by atoms with Gasteiger partial charge in [-0.2, -0.15) is 10.1 Å². The van der Waals surface area contributed by atoms with Gasteiger partial charge in [-0.25, -0.2) is 4.98 Å². The quantitative estimate of drug-likeness (QED) is 0.828. The highest BCUT2D eigenvalue weighted by atomic mass is 15.2. The van der Waals surface area contributed by atoms with E-state index in [1.165, 1.54) is 0 Å². The summed E-state index contributed by atoms with van der Waals surface area (Å²) < 4.78 is 1.78. The average molecular weight is 232 g/mol. The van der Waals surface area contributed by atoms with Crippen LogP contribution in [0.5, 0.6) is 0 Å². The van der Waals surface area contributed by atoms with Gasteiger partial charge in [-0.3, -0.25) is 4.68 Å². The molecule has 0 aromatic carbocycles. The SMILES string of the molecule is CNc1nc(C)cc(NCc2cnn(C)c2)n1. The van der Waals surface area contributed by atoms with E-state index in [1.807, 2.05) is 32.4 Å². The minimum atomic E-state index is 0.624. The number of aromatic nitrogens is 4. The molecule has 90 valence electrons. The van der Waals surface area contributed by atoms with Crippen LogP contribution in [0, 0.1) is 6.92 Å². The Kier molecular flexibility index (Phi) is 3.22. The van der Waals surface area contributed by atoms with Crippen molar-refractivity contribution < 1.29 is 0 Å². The molecule has 0 saturated carbocycles. The van der Waals surface area contributed by atoms with E-state index in [2.05, 4.69) is 25.7 Å². The van der Waals surface area contributed by atoms with E-state index in [0.717, 1.165) is 17.1 Å². The zero-order chi connectivity index (χ0) is 12.3. The van der Waals surface area contributed by atoms with Gasteiger partial charge in [-0.05, 0) is 6.92 Å². The number of anilines is 2. The lowest BCUT2D eigenvalue weighted by molar-refractivity contribution is 0.767. The predicted octanol–water partition coefficient (Wildman–Crippen LogP) is 1.17. The van der Waals surface area contributed by atoms with E-state index in [9.17, 15) is 0 Å². The maximum absolute atomic E-state index is 4.31. The summed E-state index contributed by atoms with van der Waals surface area (Å²) in [4.78, 5) is 8.55. The van der Waals surface area contributed by atoms with Crippen molar-refractivity contribution in [2.45, 2.75) is 13.5 Å². The largest absolute Gasteiger partial charge is 0.366 e. The third kappa shape index (κ3) is 2.93. The number of hydrogen-bond donors (Lipinski definition) is 2. The summed E-state index contributed by atoms with van der Waals surface area (Å²) in [6.45, 7) is 2.64. The number of rotatable bonds is 4. The van der Waals surface area contributed by atoms with E-state index < -0.39 is 0 Å². The van der Waals surface area contributed by atoms with Crippen LogP contribution in [0.4, 0.5) is 11.8 Å². The highest BCUT2D eigenvalue weighted by Gasteiger charge is 2.01. The predicted molar refractivity (Wildman–Crippen MR) is 66.9 cm³/mol. The maximum Gasteiger partial charge on any atom is 0.224 e. The first-order valence-electron chi connectivity index (χ1n) is 5.42. The number of aryl methyl sites for hydroxylation is 2. The zero-order valence-electron chi connectivity index (χ0n) is 10.2. The molecule has 0 unspecified atom stereocenters. The Morgan fingerprint density at radius 3 is 2.82 bits per heavy atom. The monoisotopic (exact) mass is 232 g/mol. The van der Waals surface area contributed by atoms with Gasteiger partial charge < -0.3 is 10.6 Å². The number of hydrogen-bond acceptors (Lipinski definition) is 5. The summed E-state index contributed by atoms with van der Waals surface area (Å²) in [6.07, 6.45) is 3.81. The summed E-state index contributed by atoms with van der Waals surface area (Å²) in [5.74, 6) is 1.43. The first kappa shape index (κ1) is 11.4. The first-order chi connectivity index (χ1) is 8.17. The maximum atomic E-state index is 4.31. The topological polar surface area (TPSA) is 67.7 Å². The summed E-state index contributed by atoms with van der Waals surface area (Å²) in [5, 5.41) is 10.3. The summed E-state index contributed by atoms with van der Waals surface area (Å²) >= 11 is 0. The van der Waals surface area contributed by atoms with E-state index in [4.69, 9.17) is 0 Å². The van der Waals surface area contributed by atoms with Crippen LogP contribution in [0.25, 0.3) is 0 Å². The van der Waals surface area contributed by atoms with Crippen LogP contribution in [-0.4, -0.2) is 26.8 Å².